The van der Waals surface area contributed by atoms with Crippen LogP contribution in [0, 0.1) is 0 Å². The van der Waals surface area contributed by atoms with Crippen molar-refractivity contribution in [1.82, 2.24) is 4.57 Å². The lowest BCUT2D eigenvalue weighted by atomic mass is 9.97. The standard InChI is InChI=1S/C64H42N2S/c1-3-16-45(17-4-1)55-39-40-60(63-57-24-10-12-28-61(57)67-64(55)63)65(52-35-31-44(32-36-52)48-19-13-20-49(41-48)50-30-29-43-15-7-8-18-47(43)42-50)53-37-33-46(34-38-53)54-25-14-27-59-62(54)56-23-9-11-26-58(56)66(59)51-21-5-2-6-22-51/h1-42H. The van der Waals surface area contributed by atoms with Crippen LogP contribution in [0.2, 0.25) is 0 Å². The lowest BCUT2D eigenvalue weighted by Crippen LogP contribution is -2.10. The summed E-state index contributed by atoms with van der Waals surface area (Å²) < 4.78 is 4.96. The fraction of sp³-hybridized carbons (Fsp3) is 0. The highest BCUT2D eigenvalue weighted by atomic mass is 32.1. The monoisotopic (exact) mass is 870 g/mol. The number of para-hydroxylation sites is 2. The third kappa shape index (κ3) is 6.71. The molecule has 0 bridgehead atoms. The minimum Gasteiger partial charge on any atom is -0.310 e. The van der Waals surface area contributed by atoms with Gasteiger partial charge in [-0.1, -0.05) is 182 Å². The second kappa shape index (κ2) is 16.2. The van der Waals surface area contributed by atoms with Crippen LogP contribution >= 0.6 is 11.3 Å². The van der Waals surface area contributed by atoms with Crippen LogP contribution in [0.4, 0.5) is 17.1 Å². The molecule has 0 saturated carbocycles. The maximum absolute atomic E-state index is 2.46. The summed E-state index contributed by atoms with van der Waals surface area (Å²) in [7, 11) is 0. The zero-order chi connectivity index (χ0) is 44.3. The van der Waals surface area contributed by atoms with E-state index in [-0.39, 0.29) is 0 Å². The van der Waals surface area contributed by atoms with Crippen LogP contribution in [0.25, 0.3) is 103 Å². The van der Waals surface area contributed by atoms with E-state index < -0.39 is 0 Å². The van der Waals surface area contributed by atoms with Crippen molar-refractivity contribution in [2.75, 3.05) is 4.90 Å². The number of hydrogen-bond donors (Lipinski definition) is 0. The third-order valence-electron chi connectivity index (χ3n) is 13.4. The van der Waals surface area contributed by atoms with Crippen LogP contribution in [-0.2, 0) is 0 Å². The number of nitrogens with zero attached hydrogens (tertiary/aromatic N) is 2. The second-order valence-corrected chi connectivity index (χ2v) is 18.3. The maximum atomic E-state index is 2.46. The molecule has 0 aliphatic heterocycles. The van der Waals surface area contributed by atoms with Gasteiger partial charge in [0.25, 0.3) is 0 Å². The number of fused-ring (bicyclic) bond motifs is 7. The average Bonchev–Trinajstić information content (AvgIpc) is 3.97. The molecule has 0 amide bonds. The Balaban J connectivity index is 0.959. The molecule has 67 heavy (non-hydrogen) atoms. The smallest absolute Gasteiger partial charge is 0.0555 e. The van der Waals surface area contributed by atoms with E-state index in [1.165, 1.54) is 97.3 Å². The highest BCUT2D eigenvalue weighted by Gasteiger charge is 2.22. The Bertz CT molecular complexity index is 3960. The van der Waals surface area contributed by atoms with Crippen molar-refractivity contribution in [2.24, 2.45) is 0 Å². The van der Waals surface area contributed by atoms with Gasteiger partial charge in [-0.15, -0.1) is 11.3 Å². The molecule has 13 aromatic rings. The van der Waals surface area contributed by atoms with Gasteiger partial charge in [0.15, 0.2) is 0 Å². The highest BCUT2D eigenvalue weighted by Crippen LogP contribution is 2.49. The van der Waals surface area contributed by atoms with Crippen LogP contribution in [0.5, 0.6) is 0 Å². The second-order valence-electron chi connectivity index (χ2n) is 17.3. The summed E-state index contributed by atoms with van der Waals surface area (Å²) in [6.45, 7) is 0. The minimum absolute atomic E-state index is 1.10. The molecule has 2 nitrogen and oxygen atoms in total. The van der Waals surface area contributed by atoms with Crippen LogP contribution in [0.1, 0.15) is 0 Å². The van der Waals surface area contributed by atoms with Crippen molar-refractivity contribution in [3.8, 4) is 50.2 Å². The first-order chi connectivity index (χ1) is 33.2. The van der Waals surface area contributed by atoms with E-state index in [4.69, 9.17) is 0 Å². The van der Waals surface area contributed by atoms with Gasteiger partial charge < -0.3 is 9.47 Å². The van der Waals surface area contributed by atoms with E-state index >= 15 is 0 Å². The van der Waals surface area contributed by atoms with E-state index in [1.807, 2.05) is 11.3 Å². The van der Waals surface area contributed by atoms with Crippen molar-refractivity contribution < 1.29 is 0 Å². The van der Waals surface area contributed by atoms with Crippen molar-refractivity contribution in [2.45, 2.75) is 0 Å². The highest BCUT2D eigenvalue weighted by molar-refractivity contribution is 7.26. The van der Waals surface area contributed by atoms with Gasteiger partial charge in [-0.25, -0.2) is 0 Å². The van der Waals surface area contributed by atoms with Gasteiger partial charge in [0, 0.05) is 48.0 Å². The van der Waals surface area contributed by atoms with Gasteiger partial charge in [0.2, 0.25) is 0 Å². The summed E-state index contributed by atoms with van der Waals surface area (Å²) in [6, 6.07) is 93.1. The van der Waals surface area contributed by atoms with Gasteiger partial charge in [-0.2, -0.15) is 0 Å². The first kappa shape index (κ1) is 38.9. The summed E-state index contributed by atoms with van der Waals surface area (Å²) in [6.07, 6.45) is 0. The number of anilines is 3. The molecule has 0 spiro atoms. The zero-order valence-electron chi connectivity index (χ0n) is 36.6. The molecule has 0 atom stereocenters. The largest absolute Gasteiger partial charge is 0.310 e. The van der Waals surface area contributed by atoms with Gasteiger partial charge in [0.05, 0.1) is 16.7 Å². The van der Waals surface area contributed by atoms with Crippen molar-refractivity contribution >= 4 is 81.1 Å². The number of hydrogen-bond acceptors (Lipinski definition) is 2. The van der Waals surface area contributed by atoms with E-state index in [0.29, 0.717) is 0 Å². The van der Waals surface area contributed by atoms with Crippen LogP contribution in [-0.4, -0.2) is 4.57 Å². The van der Waals surface area contributed by atoms with E-state index in [0.717, 1.165) is 22.7 Å². The molecule has 0 saturated heterocycles. The van der Waals surface area contributed by atoms with Gasteiger partial charge >= 0.3 is 0 Å². The molecule has 0 N–H and O–H groups in total. The lowest BCUT2D eigenvalue weighted by molar-refractivity contribution is 1.18. The Labute approximate surface area is 393 Å². The average molecular weight is 871 g/mol. The molecule has 0 unspecified atom stereocenters. The summed E-state index contributed by atoms with van der Waals surface area (Å²) in [4.78, 5) is 2.46. The summed E-state index contributed by atoms with van der Waals surface area (Å²) in [5, 5.41) is 7.53. The first-order valence-corrected chi connectivity index (χ1v) is 23.7. The normalized spacial score (nSPS) is 11.6. The van der Waals surface area contributed by atoms with Crippen LogP contribution in [0.15, 0.2) is 255 Å². The Hall–Kier alpha value is -8.50. The van der Waals surface area contributed by atoms with Crippen LogP contribution < -0.4 is 4.90 Å². The van der Waals surface area contributed by atoms with E-state index in [9.17, 15) is 0 Å². The molecule has 3 heteroatoms. The predicted octanol–water partition coefficient (Wildman–Crippen LogP) is 18.4. The molecule has 314 valence electrons. The molecule has 2 heterocycles. The molecular formula is C64H42N2S. The number of thiophene rings is 1. The number of rotatable bonds is 8. The molecule has 11 aromatic carbocycles. The fourth-order valence-corrected chi connectivity index (χ4v) is 11.5. The lowest BCUT2D eigenvalue weighted by Gasteiger charge is -2.27. The van der Waals surface area contributed by atoms with E-state index in [1.54, 1.807) is 0 Å². The number of benzene rings is 11. The van der Waals surface area contributed by atoms with E-state index in [2.05, 4.69) is 264 Å². The maximum Gasteiger partial charge on any atom is 0.0555 e. The molecule has 0 fully saturated rings. The Morgan fingerprint density at radius 3 is 1.69 bits per heavy atom. The first-order valence-electron chi connectivity index (χ1n) is 22.9. The molecular weight excluding hydrogens is 829 g/mol. The summed E-state index contributed by atoms with van der Waals surface area (Å²) >= 11 is 1.88. The van der Waals surface area contributed by atoms with Gasteiger partial charge in [-0.3, -0.25) is 0 Å². The van der Waals surface area contributed by atoms with Crippen molar-refractivity contribution in [1.29, 1.82) is 0 Å². The third-order valence-corrected chi connectivity index (χ3v) is 14.6. The molecule has 0 aliphatic rings. The molecule has 2 aromatic heterocycles. The molecule has 13 rings (SSSR count). The Kier molecular flexibility index (Phi) is 9.40. The van der Waals surface area contributed by atoms with Gasteiger partial charge in [-0.05, 0) is 128 Å². The fourth-order valence-electron chi connectivity index (χ4n) is 10.2. The topological polar surface area (TPSA) is 8.17 Å². The van der Waals surface area contributed by atoms with Crippen molar-refractivity contribution in [3.63, 3.8) is 0 Å². The quantitative estimate of drug-likeness (QED) is 0.148. The van der Waals surface area contributed by atoms with Gasteiger partial charge in [0.1, 0.15) is 0 Å². The SMILES string of the molecule is c1ccc(-c2ccc(N(c3ccc(-c4cccc(-c5ccc6ccccc6c5)c4)cc3)c3ccc(-c4cccc5c4c4ccccc4n5-c4ccccc4)cc3)c3c2sc2ccccc23)cc1. The zero-order valence-corrected chi connectivity index (χ0v) is 37.4. The summed E-state index contributed by atoms with van der Waals surface area (Å²) in [5.41, 5.74) is 16.6. The molecule has 0 radical (unpaired) electrons. The number of aromatic nitrogens is 1. The predicted molar refractivity (Wildman–Crippen MR) is 288 cm³/mol. The summed E-state index contributed by atoms with van der Waals surface area (Å²) in [5.74, 6) is 0. The van der Waals surface area contributed by atoms with Crippen molar-refractivity contribution in [3.05, 3.63) is 255 Å². The van der Waals surface area contributed by atoms with Crippen LogP contribution in [0.3, 0.4) is 0 Å². The minimum atomic E-state index is 1.10. The molecule has 0 aliphatic carbocycles. The Morgan fingerprint density at radius 2 is 0.896 bits per heavy atom. The Morgan fingerprint density at radius 1 is 0.328 bits per heavy atom.